The van der Waals surface area contributed by atoms with E-state index in [1.807, 2.05) is 19.0 Å². The highest BCUT2D eigenvalue weighted by atomic mass is 35.5. The molecular formula is C23H24ClFN6O3. The summed E-state index contributed by atoms with van der Waals surface area (Å²) < 4.78 is 14.7. The van der Waals surface area contributed by atoms with Crippen molar-refractivity contribution in [3.8, 4) is 5.69 Å². The van der Waals surface area contributed by atoms with Crippen molar-refractivity contribution in [2.24, 2.45) is 5.73 Å². The molecule has 1 heterocycles. The van der Waals surface area contributed by atoms with Gasteiger partial charge in [-0.25, -0.2) is 9.37 Å². The molecule has 11 heteroatoms. The zero-order chi connectivity index (χ0) is 25.0. The molecule has 0 radical (unpaired) electrons. The van der Waals surface area contributed by atoms with Crippen LogP contribution in [0.3, 0.4) is 0 Å². The van der Waals surface area contributed by atoms with Gasteiger partial charge in [0.25, 0.3) is 17.7 Å². The molecule has 0 fully saturated rings. The Labute approximate surface area is 200 Å². The quantitative estimate of drug-likeness (QED) is 0.451. The van der Waals surface area contributed by atoms with E-state index in [-0.39, 0.29) is 22.0 Å². The summed E-state index contributed by atoms with van der Waals surface area (Å²) in [6, 6.07) is 8.47. The molecule has 3 rings (SSSR count). The van der Waals surface area contributed by atoms with Crippen molar-refractivity contribution >= 4 is 35.0 Å². The first-order valence-corrected chi connectivity index (χ1v) is 10.6. The predicted octanol–water partition coefficient (Wildman–Crippen LogP) is 2.62. The van der Waals surface area contributed by atoms with Crippen LogP contribution >= 0.6 is 11.6 Å². The highest BCUT2D eigenvalue weighted by molar-refractivity contribution is 6.34. The Bertz CT molecular complexity index is 1260. The van der Waals surface area contributed by atoms with Crippen LogP contribution in [-0.4, -0.2) is 59.4 Å². The van der Waals surface area contributed by atoms with Crippen LogP contribution in [0.2, 0.25) is 5.02 Å². The number of aromatic nitrogens is 2. The summed E-state index contributed by atoms with van der Waals surface area (Å²) in [5.41, 5.74) is 7.20. The van der Waals surface area contributed by atoms with Gasteiger partial charge in [-0.1, -0.05) is 11.6 Å². The number of primary amides is 1. The molecule has 0 saturated heterocycles. The third-order valence-electron chi connectivity index (χ3n) is 4.97. The summed E-state index contributed by atoms with van der Waals surface area (Å²) in [7, 11) is 3.75. The maximum absolute atomic E-state index is 13.3. The number of rotatable bonds is 8. The van der Waals surface area contributed by atoms with Crippen molar-refractivity contribution < 1.29 is 18.8 Å². The van der Waals surface area contributed by atoms with E-state index < -0.39 is 23.5 Å². The number of nitrogens with zero attached hydrogens (tertiary/aromatic N) is 3. The minimum absolute atomic E-state index is 0.00678. The van der Waals surface area contributed by atoms with Gasteiger partial charge in [0.15, 0.2) is 5.69 Å². The number of carbonyl (C=O) groups excluding carboxylic acids is 3. The van der Waals surface area contributed by atoms with Crippen LogP contribution in [0.5, 0.6) is 0 Å². The molecule has 178 valence electrons. The van der Waals surface area contributed by atoms with E-state index >= 15 is 0 Å². The third kappa shape index (κ3) is 5.59. The largest absolute Gasteiger partial charge is 0.364 e. The van der Waals surface area contributed by atoms with Crippen LogP contribution in [-0.2, 0) is 0 Å². The van der Waals surface area contributed by atoms with Gasteiger partial charge in [0, 0.05) is 24.5 Å². The summed E-state index contributed by atoms with van der Waals surface area (Å²) in [5, 5.41) is 5.43. The second-order valence-electron chi connectivity index (χ2n) is 7.81. The van der Waals surface area contributed by atoms with E-state index in [9.17, 15) is 18.8 Å². The Morgan fingerprint density at radius 1 is 1.15 bits per heavy atom. The number of hydrogen-bond donors (Lipinski definition) is 3. The Morgan fingerprint density at radius 2 is 1.88 bits per heavy atom. The van der Waals surface area contributed by atoms with E-state index in [1.165, 1.54) is 17.0 Å². The van der Waals surface area contributed by atoms with Gasteiger partial charge in [-0.05, 0) is 63.0 Å². The molecule has 9 nitrogen and oxygen atoms in total. The number of halogens is 2. The minimum Gasteiger partial charge on any atom is -0.364 e. The fourth-order valence-electron chi connectivity index (χ4n) is 3.22. The van der Waals surface area contributed by atoms with Gasteiger partial charge in [-0.2, -0.15) is 0 Å². The summed E-state index contributed by atoms with van der Waals surface area (Å²) in [4.78, 5) is 43.2. The van der Waals surface area contributed by atoms with Gasteiger partial charge < -0.3 is 21.3 Å². The monoisotopic (exact) mass is 486 g/mol. The summed E-state index contributed by atoms with van der Waals surface area (Å²) in [6.45, 7) is 2.75. The number of amides is 3. The first kappa shape index (κ1) is 24.9. The average molecular weight is 487 g/mol. The maximum Gasteiger partial charge on any atom is 0.272 e. The first-order chi connectivity index (χ1) is 16.1. The molecule has 2 aromatic carbocycles. The lowest BCUT2D eigenvalue weighted by Crippen LogP contribution is -2.33. The molecule has 34 heavy (non-hydrogen) atoms. The van der Waals surface area contributed by atoms with Gasteiger partial charge in [0.05, 0.1) is 10.6 Å². The molecule has 0 bridgehead atoms. The average Bonchev–Trinajstić information content (AvgIpc) is 3.20. The van der Waals surface area contributed by atoms with Crippen molar-refractivity contribution in [1.29, 1.82) is 0 Å². The number of hydrogen-bond acceptors (Lipinski definition) is 5. The first-order valence-electron chi connectivity index (χ1n) is 10.3. The second-order valence-corrected chi connectivity index (χ2v) is 8.22. The minimum atomic E-state index is -0.809. The van der Waals surface area contributed by atoms with Crippen LogP contribution in [0.1, 0.15) is 36.9 Å². The molecule has 0 aliphatic heterocycles. The molecule has 3 amide bonds. The van der Waals surface area contributed by atoms with Crippen molar-refractivity contribution in [2.75, 3.05) is 32.5 Å². The number of likely N-dealkylation sites (N-methyl/N-ethyl adjacent to an activating group) is 1. The number of anilines is 1. The smallest absolute Gasteiger partial charge is 0.272 e. The van der Waals surface area contributed by atoms with Gasteiger partial charge >= 0.3 is 0 Å². The topological polar surface area (TPSA) is 122 Å². The van der Waals surface area contributed by atoms with Crippen LogP contribution in [0.4, 0.5) is 10.1 Å². The highest BCUT2D eigenvalue weighted by Gasteiger charge is 2.23. The SMILES string of the molecule is Cc1cc(-n2cnc(C(=O)NCCN(C)C)c2C(N)=O)ccc1NC(=O)c1ccc(F)cc1Cl. The van der Waals surface area contributed by atoms with Gasteiger partial charge in [0.1, 0.15) is 17.8 Å². The van der Waals surface area contributed by atoms with E-state index in [4.69, 9.17) is 17.3 Å². The Morgan fingerprint density at radius 3 is 2.50 bits per heavy atom. The Hall–Kier alpha value is -3.76. The van der Waals surface area contributed by atoms with Crippen LogP contribution in [0, 0.1) is 12.7 Å². The van der Waals surface area contributed by atoms with Crippen molar-refractivity contribution in [2.45, 2.75) is 6.92 Å². The molecule has 1 aromatic heterocycles. The number of nitrogens with one attached hydrogen (secondary N) is 2. The third-order valence-corrected chi connectivity index (χ3v) is 5.29. The number of nitrogens with two attached hydrogens (primary N) is 1. The standard InChI is InChI=1S/C23H24ClFN6O3/c1-13-10-15(5-7-18(13)29-22(33)16-6-4-14(25)11-17(16)24)31-12-28-19(20(31)21(26)32)23(34)27-8-9-30(2)3/h4-7,10-12H,8-9H2,1-3H3,(H2,26,32)(H,27,34)(H,29,33). The van der Waals surface area contributed by atoms with Crippen LogP contribution in [0.15, 0.2) is 42.7 Å². The molecule has 0 aliphatic rings. The van der Waals surface area contributed by atoms with Crippen molar-refractivity contribution in [3.05, 3.63) is 76.1 Å². The number of benzene rings is 2. The fraction of sp³-hybridized carbons (Fsp3) is 0.217. The van der Waals surface area contributed by atoms with Crippen molar-refractivity contribution in [3.63, 3.8) is 0 Å². The van der Waals surface area contributed by atoms with Crippen molar-refractivity contribution in [1.82, 2.24) is 19.8 Å². The van der Waals surface area contributed by atoms with Crippen LogP contribution in [0.25, 0.3) is 5.69 Å². The van der Waals surface area contributed by atoms with E-state index in [0.717, 1.165) is 12.1 Å². The van der Waals surface area contributed by atoms with E-state index in [1.54, 1.807) is 25.1 Å². The molecule has 0 unspecified atom stereocenters. The number of imidazole rings is 1. The number of carbonyl (C=O) groups is 3. The lowest BCUT2D eigenvalue weighted by Gasteiger charge is -2.13. The molecule has 4 N–H and O–H groups in total. The summed E-state index contributed by atoms with van der Waals surface area (Å²) in [5.74, 6) is -2.36. The second kappa shape index (κ2) is 10.4. The molecular weight excluding hydrogens is 463 g/mol. The zero-order valence-electron chi connectivity index (χ0n) is 18.9. The normalized spacial score (nSPS) is 10.9. The highest BCUT2D eigenvalue weighted by Crippen LogP contribution is 2.24. The molecule has 0 aliphatic carbocycles. The Kier molecular flexibility index (Phi) is 7.64. The van der Waals surface area contributed by atoms with Gasteiger partial charge in [-0.3, -0.25) is 19.0 Å². The summed E-state index contributed by atoms with van der Waals surface area (Å²) >= 11 is 5.97. The van der Waals surface area contributed by atoms with Crippen LogP contribution < -0.4 is 16.4 Å². The Balaban J connectivity index is 1.85. The fourth-order valence-corrected chi connectivity index (χ4v) is 3.48. The lowest BCUT2D eigenvalue weighted by molar-refractivity contribution is 0.0928. The van der Waals surface area contributed by atoms with Gasteiger partial charge in [-0.15, -0.1) is 0 Å². The van der Waals surface area contributed by atoms with Gasteiger partial charge in [0.2, 0.25) is 0 Å². The molecule has 0 atom stereocenters. The molecule has 0 saturated carbocycles. The number of aryl methyl sites for hydroxylation is 1. The maximum atomic E-state index is 13.3. The molecule has 3 aromatic rings. The lowest BCUT2D eigenvalue weighted by atomic mass is 10.1. The predicted molar refractivity (Wildman–Crippen MR) is 127 cm³/mol. The molecule has 0 spiro atoms. The van der Waals surface area contributed by atoms with E-state index in [2.05, 4.69) is 15.6 Å². The van der Waals surface area contributed by atoms with E-state index in [0.29, 0.717) is 30.0 Å². The summed E-state index contributed by atoms with van der Waals surface area (Å²) in [6.07, 6.45) is 1.34. The zero-order valence-corrected chi connectivity index (χ0v) is 19.6.